The number of carboxylic acids is 1. The van der Waals surface area contributed by atoms with Gasteiger partial charge in [-0.2, -0.15) is 11.3 Å². The fourth-order valence-electron chi connectivity index (χ4n) is 1.60. The second-order valence-corrected chi connectivity index (χ2v) is 5.89. The molecule has 94 valence electrons. The molecule has 0 aliphatic rings. The van der Waals surface area contributed by atoms with E-state index in [1.165, 1.54) is 10.5 Å². The zero-order valence-corrected chi connectivity index (χ0v) is 11.5. The van der Waals surface area contributed by atoms with Gasteiger partial charge in [0.25, 0.3) is 0 Å². The van der Waals surface area contributed by atoms with Crippen molar-refractivity contribution in [2.75, 3.05) is 5.75 Å². The average Bonchev–Trinajstić information content (AvgIpc) is 2.84. The van der Waals surface area contributed by atoms with Crippen LogP contribution in [-0.4, -0.2) is 16.8 Å². The number of benzene rings is 1. The van der Waals surface area contributed by atoms with Crippen LogP contribution in [0.5, 0.6) is 0 Å². The summed E-state index contributed by atoms with van der Waals surface area (Å²) in [5, 5.41) is 13.0. The first kappa shape index (κ1) is 13.2. The van der Waals surface area contributed by atoms with E-state index < -0.39 is 5.97 Å². The second kappa shape index (κ2) is 6.61. The Balaban J connectivity index is 1.81. The lowest BCUT2D eigenvalue weighted by atomic mass is 10.2. The van der Waals surface area contributed by atoms with E-state index in [-0.39, 0.29) is 6.42 Å². The fraction of sp³-hybridized carbons (Fsp3) is 0.214. The number of rotatable bonds is 6. The molecule has 0 saturated heterocycles. The Bertz CT molecular complexity index is 489. The van der Waals surface area contributed by atoms with Crippen molar-refractivity contribution in [1.82, 2.24) is 0 Å². The van der Waals surface area contributed by atoms with Gasteiger partial charge in [0, 0.05) is 10.6 Å². The van der Waals surface area contributed by atoms with Crippen LogP contribution in [-0.2, 0) is 17.6 Å². The molecule has 2 aromatic rings. The molecule has 0 bridgehead atoms. The monoisotopic (exact) mass is 278 g/mol. The first-order chi connectivity index (χ1) is 8.74. The smallest absolute Gasteiger partial charge is 0.307 e. The van der Waals surface area contributed by atoms with Gasteiger partial charge in [0.15, 0.2) is 0 Å². The summed E-state index contributed by atoms with van der Waals surface area (Å²) in [6.07, 6.45) is 1.17. The van der Waals surface area contributed by atoms with Gasteiger partial charge in [-0.25, -0.2) is 0 Å². The lowest BCUT2D eigenvalue weighted by Gasteiger charge is -2.02. The molecule has 0 aliphatic carbocycles. The predicted molar refractivity (Wildman–Crippen MR) is 76.5 cm³/mol. The largest absolute Gasteiger partial charge is 0.481 e. The number of hydrogen-bond donors (Lipinski definition) is 1. The highest BCUT2D eigenvalue weighted by molar-refractivity contribution is 7.99. The molecule has 18 heavy (non-hydrogen) atoms. The SMILES string of the molecule is O=C(O)Cc1ccc(SCCc2ccsc2)cc1. The lowest BCUT2D eigenvalue weighted by molar-refractivity contribution is -0.136. The predicted octanol–water partition coefficient (Wildman–Crippen LogP) is 3.71. The third-order valence-corrected chi connectivity index (χ3v) is 4.26. The molecule has 1 aromatic carbocycles. The van der Waals surface area contributed by atoms with E-state index in [1.54, 1.807) is 23.1 Å². The molecule has 4 heteroatoms. The molecular weight excluding hydrogens is 264 g/mol. The lowest BCUT2D eigenvalue weighted by Crippen LogP contribution is -1.99. The normalized spacial score (nSPS) is 10.4. The third-order valence-electron chi connectivity index (χ3n) is 2.52. The molecule has 1 N–H and O–H groups in total. The van der Waals surface area contributed by atoms with Gasteiger partial charge in [0.1, 0.15) is 0 Å². The van der Waals surface area contributed by atoms with Crippen molar-refractivity contribution in [3.8, 4) is 0 Å². The van der Waals surface area contributed by atoms with Crippen molar-refractivity contribution in [2.45, 2.75) is 17.7 Å². The van der Waals surface area contributed by atoms with Crippen LogP contribution in [0.1, 0.15) is 11.1 Å². The minimum absolute atomic E-state index is 0.0971. The van der Waals surface area contributed by atoms with Crippen LogP contribution in [0.3, 0.4) is 0 Å². The Morgan fingerprint density at radius 2 is 1.94 bits per heavy atom. The summed E-state index contributed by atoms with van der Waals surface area (Å²) in [6, 6.07) is 9.93. The average molecular weight is 278 g/mol. The van der Waals surface area contributed by atoms with Gasteiger partial charge in [-0.1, -0.05) is 12.1 Å². The first-order valence-electron chi connectivity index (χ1n) is 5.68. The summed E-state index contributed by atoms with van der Waals surface area (Å²) < 4.78 is 0. The minimum Gasteiger partial charge on any atom is -0.481 e. The van der Waals surface area contributed by atoms with Gasteiger partial charge in [-0.3, -0.25) is 4.79 Å². The highest BCUT2D eigenvalue weighted by Gasteiger charge is 2.01. The molecule has 0 fully saturated rings. The van der Waals surface area contributed by atoms with E-state index in [4.69, 9.17) is 5.11 Å². The molecule has 0 unspecified atom stereocenters. The maximum Gasteiger partial charge on any atom is 0.307 e. The highest BCUT2D eigenvalue weighted by Crippen LogP contribution is 2.20. The summed E-state index contributed by atoms with van der Waals surface area (Å²) in [5.41, 5.74) is 2.24. The Hall–Kier alpha value is -1.26. The Morgan fingerprint density at radius 1 is 1.17 bits per heavy atom. The van der Waals surface area contributed by atoms with Gasteiger partial charge in [0.05, 0.1) is 6.42 Å². The van der Waals surface area contributed by atoms with Gasteiger partial charge < -0.3 is 5.11 Å². The topological polar surface area (TPSA) is 37.3 Å². The number of thiophene rings is 1. The van der Waals surface area contributed by atoms with Crippen molar-refractivity contribution in [3.05, 3.63) is 52.2 Å². The maximum absolute atomic E-state index is 10.6. The van der Waals surface area contributed by atoms with Gasteiger partial charge in [-0.05, 0) is 46.5 Å². The molecule has 2 rings (SSSR count). The van der Waals surface area contributed by atoms with Gasteiger partial charge in [0.2, 0.25) is 0 Å². The Morgan fingerprint density at radius 3 is 2.56 bits per heavy atom. The maximum atomic E-state index is 10.6. The van der Waals surface area contributed by atoms with E-state index in [1.807, 2.05) is 24.3 Å². The summed E-state index contributed by atoms with van der Waals surface area (Å²) >= 11 is 3.53. The molecule has 0 saturated carbocycles. The van der Waals surface area contributed by atoms with E-state index in [9.17, 15) is 4.79 Å². The van der Waals surface area contributed by atoms with Crippen molar-refractivity contribution < 1.29 is 9.90 Å². The van der Waals surface area contributed by atoms with E-state index >= 15 is 0 Å². The quantitative estimate of drug-likeness (QED) is 0.818. The van der Waals surface area contributed by atoms with Crippen LogP contribution in [0.4, 0.5) is 0 Å². The number of hydrogen-bond acceptors (Lipinski definition) is 3. The van der Waals surface area contributed by atoms with E-state index in [2.05, 4.69) is 16.8 Å². The van der Waals surface area contributed by atoms with Crippen LogP contribution in [0.2, 0.25) is 0 Å². The summed E-state index contributed by atoms with van der Waals surface area (Å²) in [7, 11) is 0. The molecule has 0 atom stereocenters. The molecule has 1 heterocycles. The number of aryl methyl sites for hydroxylation is 1. The molecular formula is C14H14O2S2. The second-order valence-electron chi connectivity index (χ2n) is 3.94. The number of thioether (sulfide) groups is 1. The van der Waals surface area contributed by atoms with Crippen LogP contribution in [0.25, 0.3) is 0 Å². The standard InChI is InChI=1S/C14H14O2S2/c15-14(16)9-11-1-3-13(4-2-11)18-8-6-12-5-7-17-10-12/h1-5,7,10H,6,8-9H2,(H,15,16). The molecule has 2 nitrogen and oxygen atoms in total. The summed E-state index contributed by atoms with van der Waals surface area (Å²) in [4.78, 5) is 11.7. The zero-order valence-electron chi connectivity index (χ0n) is 9.83. The molecule has 0 radical (unpaired) electrons. The van der Waals surface area contributed by atoms with Crippen LogP contribution in [0.15, 0.2) is 46.0 Å². The highest BCUT2D eigenvalue weighted by atomic mass is 32.2. The van der Waals surface area contributed by atoms with E-state index in [0.29, 0.717) is 0 Å². The molecule has 0 amide bonds. The fourth-order valence-corrected chi connectivity index (χ4v) is 3.20. The molecule has 1 aromatic heterocycles. The van der Waals surface area contributed by atoms with Crippen molar-refractivity contribution in [3.63, 3.8) is 0 Å². The Labute approximate surface area is 115 Å². The third kappa shape index (κ3) is 4.20. The van der Waals surface area contributed by atoms with Crippen molar-refractivity contribution >= 4 is 29.1 Å². The van der Waals surface area contributed by atoms with Gasteiger partial charge in [-0.15, -0.1) is 11.8 Å². The summed E-state index contributed by atoms with van der Waals surface area (Å²) in [6.45, 7) is 0. The first-order valence-corrected chi connectivity index (χ1v) is 7.61. The number of carboxylic acid groups (broad SMARTS) is 1. The zero-order chi connectivity index (χ0) is 12.8. The van der Waals surface area contributed by atoms with Crippen molar-refractivity contribution in [1.29, 1.82) is 0 Å². The minimum atomic E-state index is -0.784. The van der Waals surface area contributed by atoms with E-state index in [0.717, 1.165) is 17.7 Å². The Kier molecular flexibility index (Phi) is 4.84. The van der Waals surface area contributed by atoms with Crippen LogP contribution in [0, 0.1) is 0 Å². The van der Waals surface area contributed by atoms with Gasteiger partial charge >= 0.3 is 5.97 Å². The number of carbonyl (C=O) groups is 1. The molecule has 0 spiro atoms. The van der Waals surface area contributed by atoms with Crippen molar-refractivity contribution in [2.24, 2.45) is 0 Å². The molecule has 0 aliphatic heterocycles. The van der Waals surface area contributed by atoms with Crippen LogP contribution >= 0.6 is 23.1 Å². The summed E-state index contributed by atoms with van der Waals surface area (Å²) in [5.74, 6) is 0.266. The number of aliphatic carboxylic acids is 1. The van der Waals surface area contributed by atoms with Crippen LogP contribution < -0.4 is 0 Å².